The van der Waals surface area contributed by atoms with Crippen molar-refractivity contribution in [3.8, 4) is 0 Å². The van der Waals surface area contributed by atoms with Gasteiger partial charge >= 0.3 is 0 Å². The zero-order valence-corrected chi connectivity index (χ0v) is 10.2. The van der Waals surface area contributed by atoms with E-state index in [1.807, 2.05) is 30.3 Å². The molecule has 2 aromatic carbocycles. The smallest absolute Gasteiger partial charge is 0.0702 e. The van der Waals surface area contributed by atoms with Crippen LogP contribution in [0, 0.1) is 13.8 Å². The number of aryl methyl sites for hydroxylation is 2. The Morgan fingerprint density at radius 1 is 0.944 bits per heavy atom. The predicted molar refractivity (Wildman–Crippen MR) is 78.3 cm³/mol. The zero-order valence-electron chi connectivity index (χ0n) is 10.2. The van der Waals surface area contributed by atoms with E-state index in [0.717, 1.165) is 16.9 Å². The molecule has 0 amide bonds. The first-order chi connectivity index (χ1) is 8.22. The first kappa shape index (κ1) is 14.3. The van der Waals surface area contributed by atoms with Gasteiger partial charge in [0.05, 0.1) is 6.61 Å². The van der Waals surface area contributed by atoms with Crippen molar-refractivity contribution in [2.45, 2.75) is 27.9 Å². The average Bonchev–Trinajstić information content (AvgIpc) is 2.34. The van der Waals surface area contributed by atoms with Gasteiger partial charge in [0.2, 0.25) is 0 Å². The number of hydrogen-bond donors (Lipinski definition) is 2. The molecule has 96 valence electrons. The van der Waals surface area contributed by atoms with E-state index in [-0.39, 0.29) is 14.0 Å². The molecule has 0 saturated carbocycles. The predicted octanol–water partition coefficient (Wildman–Crippen LogP) is 4.18. The molecule has 0 aliphatic rings. The lowest BCUT2D eigenvalue weighted by Gasteiger charge is -2.14. The molecule has 0 fully saturated rings. The van der Waals surface area contributed by atoms with E-state index in [1.54, 1.807) is 0 Å². The SMILES string of the molecule is C.Cc1cccc(C)c1Nc1ccccc1CO. The molecule has 0 unspecified atom stereocenters. The van der Waals surface area contributed by atoms with Gasteiger partial charge in [-0.25, -0.2) is 0 Å². The lowest BCUT2D eigenvalue weighted by molar-refractivity contribution is 0.282. The van der Waals surface area contributed by atoms with Crippen LogP contribution in [0.25, 0.3) is 0 Å². The van der Waals surface area contributed by atoms with Crippen molar-refractivity contribution in [2.75, 3.05) is 5.32 Å². The van der Waals surface area contributed by atoms with Gasteiger partial charge in [0.1, 0.15) is 0 Å². The van der Waals surface area contributed by atoms with E-state index in [1.165, 1.54) is 11.1 Å². The van der Waals surface area contributed by atoms with E-state index < -0.39 is 0 Å². The van der Waals surface area contributed by atoms with E-state index >= 15 is 0 Å². The summed E-state index contributed by atoms with van der Waals surface area (Å²) in [6, 6.07) is 14.0. The summed E-state index contributed by atoms with van der Waals surface area (Å²) in [5.74, 6) is 0. The Labute approximate surface area is 109 Å². The topological polar surface area (TPSA) is 32.3 Å². The fourth-order valence-electron chi connectivity index (χ4n) is 1.93. The third-order valence-electron chi connectivity index (χ3n) is 2.93. The highest BCUT2D eigenvalue weighted by atomic mass is 16.3. The molecule has 0 aromatic heterocycles. The maximum Gasteiger partial charge on any atom is 0.0702 e. The van der Waals surface area contributed by atoms with Crippen molar-refractivity contribution in [1.29, 1.82) is 0 Å². The minimum absolute atomic E-state index is 0. The zero-order chi connectivity index (χ0) is 12.3. The highest BCUT2D eigenvalue weighted by Crippen LogP contribution is 2.26. The first-order valence-corrected chi connectivity index (χ1v) is 5.74. The van der Waals surface area contributed by atoms with Crippen LogP contribution < -0.4 is 5.32 Å². The Morgan fingerprint density at radius 3 is 2.17 bits per heavy atom. The fraction of sp³-hybridized carbons (Fsp3) is 0.250. The number of aliphatic hydroxyl groups excluding tert-OH is 1. The fourth-order valence-corrected chi connectivity index (χ4v) is 1.93. The number of aliphatic hydroxyl groups is 1. The molecule has 0 atom stereocenters. The number of rotatable bonds is 3. The van der Waals surface area contributed by atoms with Crippen molar-refractivity contribution >= 4 is 11.4 Å². The average molecular weight is 243 g/mol. The summed E-state index contributed by atoms with van der Waals surface area (Å²) >= 11 is 0. The highest BCUT2D eigenvalue weighted by molar-refractivity contribution is 5.68. The third kappa shape index (κ3) is 2.90. The normalized spacial score (nSPS) is 9.72. The molecule has 0 aliphatic heterocycles. The summed E-state index contributed by atoms with van der Waals surface area (Å²) in [5.41, 5.74) is 5.41. The summed E-state index contributed by atoms with van der Waals surface area (Å²) in [5, 5.41) is 12.7. The van der Waals surface area contributed by atoms with E-state index in [2.05, 4.69) is 31.3 Å². The standard InChI is InChI=1S/C15H17NO.CH4/c1-11-6-5-7-12(2)15(11)16-14-9-4-3-8-13(14)10-17;/h3-9,16-17H,10H2,1-2H3;1H4. The van der Waals surface area contributed by atoms with Crippen LogP contribution in [0.5, 0.6) is 0 Å². The summed E-state index contributed by atoms with van der Waals surface area (Å²) < 4.78 is 0. The van der Waals surface area contributed by atoms with Gasteiger partial charge in [-0.1, -0.05) is 43.8 Å². The molecule has 0 heterocycles. The second-order valence-electron chi connectivity index (χ2n) is 4.21. The Balaban J connectivity index is 0.00000162. The maximum absolute atomic E-state index is 9.30. The van der Waals surface area contributed by atoms with Gasteiger partial charge in [0.15, 0.2) is 0 Å². The minimum atomic E-state index is 0. The van der Waals surface area contributed by atoms with Gasteiger partial charge in [0.25, 0.3) is 0 Å². The molecule has 18 heavy (non-hydrogen) atoms. The van der Waals surface area contributed by atoms with Crippen molar-refractivity contribution in [1.82, 2.24) is 0 Å². The van der Waals surface area contributed by atoms with Crippen LogP contribution in [0.3, 0.4) is 0 Å². The number of benzene rings is 2. The monoisotopic (exact) mass is 243 g/mol. The molecule has 2 N–H and O–H groups in total. The molecule has 2 aromatic rings. The number of nitrogens with one attached hydrogen (secondary N) is 1. The lowest BCUT2D eigenvalue weighted by Crippen LogP contribution is -1.99. The third-order valence-corrected chi connectivity index (χ3v) is 2.93. The van der Waals surface area contributed by atoms with Gasteiger partial charge in [0, 0.05) is 16.9 Å². The van der Waals surface area contributed by atoms with Crippen molar-refractivity contribution in [3.63, 3.8) is 0 Å². The van der Waals surface area contributed by atoms with Crippen molar-refractivity contribution in [3.05, 3.63) is 59.2 Å². The largest absolute Gasteiger partial charge is 0.392 e. The molecule has 2 nitrogen and oxygen atoms in total. The number of anilines is 2. The van der Waals surface area contributed by atoms with E-state index in [4.69, 9.17) is 0 Å². The van der Waals surface area contributed by atoms with Crippen molar-refractivity contribution < 1.29 is 5.11 Å². The molecule has 0 spiro atoms. The molecule has 2 heteroatoms. The maximum atomic E-state index is 9.30. The molecule has 0 saturated heterocycles. The molecular formula is C16H21NO. The summed E-state index contributed by atoms with van der Waals surface area (Å²) in [7, 11) is 0. The quantitative estimate of drug-likeness (QED) is 0.847. The Kier molecular flexibility index (Phi) is 4.93. The molecule has 0 radical (unpaired) electrons. The number of hydrogen-bond acceptors (Lipinski definition) is 2. The molecule has 0 bridgehead atoms. The Bertz CT molecular complexity index is 500. The van der Waals surface area contributed by atoms with Crippen LogP contribution in [0.4, 0.5) is 11.4 Å². The second kappa shape index (κ2) is 6.22. The summed E-state index contributed by atoms with van der Waals surface area (Å²) in [6.45, 7) is 4.21. The van der Waals surface area contributed by atoms with Crippen LogP contribution >= 0.6 is 0 Å². The van der Waals surface area contributed by atoms with Crippen LogP contribution in [0.2, 0.25) is 0 Å². The first-order valence-electron chi connectivity index (χ1n) is 5.74. The molecule has 2 rings (SSSR count). The lowest BCUT2D eigenvalue weighted by atomic mass is 10.1. The van der Waals surface area contributed by atoms with Gasteiger partial charge < -0.3 is 10.4 Å². The van der Waals surface area contributed by atoms with Gasteiger partial charge in [-0.15, -0.1) is 0 Å². The van der Waals surface area contributed by atoms with Gasteiger partial charge in [-0.05, 0) is 31.0 Å². The summed E-state index contributed by atoms with van der Waals surface area (Å²) in [4.78, 5) is 0. The summed E-state index contributed by atoms with van der Waals surface area (Å²) in [6.07, 6.45) is 0. The minimum Gasteiger partial charge on any atom is -0.392 e. The number of para-hydroxylation sites is 2. The van der Waals surface area contributed by atoms with Gasteiger partial charge in [-0.2, -0.15) is 0 Å². The van der Waals surface area contributed by atoms with Crippen molar-refractivity contribution in [2.24, 2.45) is 0 Å². The second-order valence-corrected chi connectivity index (χ2v) is 4.21. The van der Waals surface area contributed by atoms with Gasteiger partial charge in [-0.3, -0.25) is 0 Å². The van der Waals surface area contributed by atoms with E-state index in [0.29, 0.717) is 0 Å². The van der Waals surface area contributed by atoms with Crippen LogP contribution in [0.15, 0.2) is 42.5 Å². The van der Waals surface area contributed by atoms with Crippen LogP contribution in [-0.4, -0.2) is 5.11 Å². The Hall–Kier alpha value is -1.80. The Morgan fingerprint density at radius 2 is 1.56 bits per heavy atom. The molecular weight excluding hydrogens is 222 g/mol. The van der Waals surface area contributed by atoms with Crippen LogP contribution in [0.1, 0.15) is 24.1 Å². The van der Waals surface area contributed by atoms with Crippen LogP contribution in [-0.2, 0) is 6.61 Å². The molecule has 0 aliphatic carbocycles. The highest BCUT2D eigenvalue weighted by Gasteiger charge is 2.05. The van der Waals surface area contributed by atoms with E-state index in [9.17, 15) is 5.11 Å².